The molecule has 0 aliphatic heterocycles. The largest absolute Gasteiger partial charge is 0.494 e. The number of hydrogen-bond donors (Lipinski definition) is 1. The molecule has 6 nitrogen and oxygen atoms in total. The van der Waals surface area contributed by atoms with Crippen molar-refractivity contribution < 1.29 is 18.8 Å². The predicted octanol–water partition coefficient (Wildman–Crippen LogP) is 3.61. The summed E-state index contributed by atoms with van der Waals surface area (Å²) in [6.07, 6.45) is 0.652. The van der Waals surface area contributed by atoms with Gasteiger partial charge in [0.2, 0.25) is 6.41 Å². The third-order valence-electron chi connectivity index (χ3n) is 3.84. The van der Waals surface area contributed by atoms with Crippen molar-refractivity contribution >= 4 is 17.4 Å². The quantitative estimate of drug-likeness (QED) is 0.634. The Labute approximate surface area is 145 Å². The number of aromatic nitrogens is 1. The minimum Gasteiger partial charge on any atom is -0.494 e. The molecule has 1 atom stereocenters. The normalized spacial score (nSPS) is 11.9. The van der Waals surface area contributed by atoms with E-state index in [0.717, 1.165) is 16.7 Å². The molecule has 0 bridgehead atoms. The predicted molar refractivity (Wildman–Crippen MR) is 93.6 cm³/mol. The maximum absolute atomic E-state index is 10.6. The number of nitrogens with one attached hydrogen (secondary N) is 1. The number of hydrogen-bond acceptors (Lipinski definition) is 5. The van der Waals surface area contributed by atoms with E-state index in [4.69, 9.17) is 14.0 Å². The zero-order valence-corrected chi connectivity index (χ0v) is 14.2. The highest BCUT2D eigenvalue weighted by Gasteiger charge is 2.15. The second-order valence-corrected chi connectivity index (χ2v) is 5.60. The Hall–Kier alpha value is -3.02. The van der Waals surface area contributed by atoms with E-state index in [2.05, 4.69) is 10.5 Å². The lowest BCUT2D eigenvalue weighted by Crippen LogP contribution is -2.16. The highest BCUT2D eigenvalue weighted by molar-refractivity contribution is 5.81. The van der Waals surface area contributed by atoms with Gasteiger partial charge in [-0.3, -0.25) is 4.79 Å². The monoisotopic (exact) mass is 340 g/mol. The number of fused-ring (bicyclic) bond motifs is 1. The van der Waals surface area contributed by atoms with Crippen LogP contribution >= 0.6 is 0 Å². The van der Waals surface area contributed by atoms with Gasteiger partial charge in [-0.25, -0.2) is 0 Å². The Kier molecular flexibility index (Phi) is 5.18. The third-order valence-corrected chi connectivity index (χ3v) is 3.84. The second kappa shape index (κ2) is 7.70. The van der Waals surface area contributed by atoms with Crippen LogP contribution in [0.25, 0.3) is 11.0 Å². The lowest BCUT2D eigenvalue weighted by Gasteiger charge is -2.08. The summed E-state index contributed by atoms with van der Waals surface area (Å²) in [4.78, 5) is 10.6. The van der Waals surface area contributed by atoms with Gasteiger partial charge in [0.25, 0.3) is 0 Å². The summed E-state index contributed by atoms with van der Waals surface area (Å²) in [6.45, 7) is 4.90. The van der Waals surface area contributed by atoms with Gasteiger partial charge in [-0.15, -0.1) is 0 Å². The van der Waals surface area contributed by atoms with Crippen molar-refractivity contribution in [1.82, 2.24) is 10.5 Å². The molecule has 25 heavy (non-hydrogen) atoms. The molecule has 2 aromatic carbocycles. The third kappa shape index (κ3) is 3.91. The van der Waals surface area contributed by atoms with Gasteiger partial charge in [-0.1, -0.05) is 17.3 Å². The summed E-state index contributed by atoms with van der Waals surface area (Å²) >= 11 is 0. The van der Waals surface area contributed by atoms with Crippen LogP contribution in [0.4, 0.5) is 0 Å². The molecule has 1 unspecified atom stereocenters. The van der Waals surface area contributed by atoms with E-state index in [-0.39, 0.29) is 6.04 Å². The van der Waals surface area contributed by atoms with E-state index in [1.807, 2.05) is 50.2 Å². The molecule has 0 spiro atoms. The number of ether oxygens (including phenoxy) is 2. The fourth-order valence-electron chi connectivity index (χ4n) is 2.54. The number of benzene rings is 2. The number of carbonyl (C=O) groups is 1. The molecule has 6 heteroatoms. The van der Waals surface area contributed by atoms with Crippen LogP contribution in [0, 0.1) is 0 Å². The average molecular weight is 340 g/mol. The SMILES string of the molecule is CCOc1ccc(COc2ccc3c(C(C)NC=O)noc3c2)cc1. The highest BCUT2D eigenvalue weighted by Crippen LogP contribution is 2.27. The maximum atomic E-state index is 10.6. The topological polar surface area (TPSA) is 73.6 Å². The summed E-state index contributed by atoms with van der Waals surface area (Å²) < 4.78 is 16.6. The van der Waals surface area contributed by atoms with Gasteiger partial charge < -0.3 is 19.3 Å². The first kappa shape index (κ1) is 16.8. The van der Waals surface area contributed by atoms with Gasteiger partial charge in [0.05, 0.1) is 12.6 Å². The van der Waals surface area contributed by atoms with Crippen molar-refractivity contribution in [1.29, 1.82) is 0 Å². The van der Waals surface area contributed by atoms with Gasteiger partial charge in [-0.05, 0) is 43.7 Å². The van der Waals surface area contributed by atoms with Crippen LogP contribution in [0.5, 0.6) is 11.5 Å². The van der Waals surface area contributed by atoms with Gasteiger partial charge in [-0.2, -0.15) is 0 Å². The molecule has 0 fully saturated rings. The molecule has 1 aromatic heterocycles. The van der Waals surface area contributed by atoms with Crippen LogP contribution in [-0.2, 0) is 11.4 Å². The Morgan fingerprint density at radius 1 is 1.16 bits per heavy atom. The van der Waals surface area contributed by atoms with Crippen LogP contribution in [0.3, 0.4) is 0 Å². The van der Waals surface area contributed by atoms with Crippen LogP contribution in [0.2, 0.25) is 0 Å². The summed E-state index contributed by atoms with van der Waals surface area (Å²) in [7, 11) is 0. The van der Waals surface area contributed by atoms with Crippen molar-refractivity contribution in [2.75, 3.05) is 6.61 Å². The summed E-state index contributed by atoms with van der Waals surface area (Å²) in [5.41, 5.74) is 2.37. The first-order chi connectivity index (χ1) is 12.2. The molecule has 1 N–H and O–H groups in total. The molecule has 1 heterocycles. The molecule has 3 aromatic rings. The van der Waals surface area contributed by atoms with Crippen LogP contribution in [0.1, 0.15) is 31.1 Å². The van der Waals surface area contributed by atoms with Crippen molar-refractivity contribution in [3.8, 4) is 11.5 Å². The highest BCUT2D eigenvalue weighted by atomic mass is 16.5. The van der Waals surface area contributed by atoms with Gasteiger partial charge in [0.15, 0.2) is 5.58 Å². The van der Waals surface area contributed by atoms with Gasteiger partial charge in [0, 0.05) is 11.5 Å². The first-order valence-corrected chi connectivity index (χ1v) is 8.15. The van der Waals surface area contributed by atoms with Gasteiger partial charge >= 0.3 is 0 Å². The van der Waals surface area contributed by atoms with E-state index in [1.165, 1.54) is 0 Å². The van der Waals surface area contributed by atoms with Gasteiger partial charge in [0.1, 0.15) is 23.8 Å². The lowest BCUT2D eigenvalue weighted by atomic mass is 10.1. The van der Waals surface area contributed by atoms with Crippen molar-refractivity contribution in [2.45, 2.75) is 26.5 Å². The molecule has 130 valence electrons. The maximum Gasteiger partial charge on any atom is 0.207 e. The lowest BCUT2D eigenvalue weighted by molar-refractivity contribution is -0.110. The second-order valence-electron chi connectivity index (χ2n) is 5.60. The number of rotatable bonds is 8. The zero-order chi connectivity index (χ0) is 17.6. The average Bonchev–Trinajstić information content (AvgIpc) is 3.05. The molecule has 0 radical (unpaired) electrons. The molecular formula is C19H20N2O4. The van der Waals surface area contributed by atoms with E-state index in [9.17, 15) is 4.79 Å². The molecule has 1 amide bonds. The summed E-state index contributed by atoms with van der Waals surface area (Å²) in [5, 5.41) is 7.56. The zero-order valence-electron chi connectivity index (χ0n) is 14.2. The Balaban J connectivity index is 1.69. The molecule has 0 saturated heterocycles. The number of carbonyl (C=O) groups excluding carboxylic acids is 1. The van der Waals surface area contributed by atoms with E-state index in [1.54, 1.807) is 6.07 Å². The minimum atomic E-state index is -0.214. The van der Waals surface area contributed by atoms with E-state index < -0.39 is 0 Å². The minimum absolute atomic E-state index is 0.214. The standard InChI is InChI=1S/C19H20N2O4/c1-3-23-15-6-4-14(5-7-15)11-24-16-8-9-17-18(10-16)25-21-19(17)13(2)20-12-22/h4-10,12-13H,3,11H2,1-2H3,(H,20,22). The smallest absolute Gasteiger partial charge is 0.207 e. The Bertz CT molecular complexity index is 842. The van der Waals surface area contributed by atoms with Crippen molar-refractivity contribution in [3.63, 3.8) is 0 Å². The molecule has 3 rings (SSSR count). The van der Waals surface area contributed by atoms with Crippen molar-refractivity contribution in [3.05, 3.63) is 53.7 Å². The van der Waals surface area contributed by atoms with E-state index in [0.29, 0.717) is 36.7 Å². The van der Waals surface area contributed by atoms with Crippen LogP contribution < -0.4 is 14.8 Å². The van der Waals surface area contributed by atoms with Crippen LogP contribution in [-0.4, -0.2) is 18.2 Å². The molecule has 0 aliphatic rings. The fourth-order valence-corrected chi connectivity index (χ4v) is 2.54. The molecule has 0 saturated carbocycles. The summed E-state index contributed by atoms with van der Waals surface area (Å²) in [5.74, 6) is 1.54. The Morgan fingerprint density at radius 3 is 2.64 bits per heavy atom. The summed E-state index contributed by atoms with van der Waals surface area (Å²) in [6, 6.07) is 13.1. The molecule has 0 aliphatic carbocycles. The van der Waals surface area contributed by atoms with Crippen LogP contribution in [0.15, 0.2) is 47.0 Å². The fraction of sp³-hybridized carbons (Fsp3) is 0.263. The number of nitrogens with zero attached hydrogens (tertiary/aromatic N) is 1. The first-order valence-electron chi connectivity index (χ1n) is 8.15. The number of amides is 1. The Morgan fingerprint density at radius 2 is 1.92 bits per heavy atom. The molecular weight excluding hydrogens is 320 g/mol. The van der Waals surface area contributed by atoms with Crippen molar-refractivity contribution in [2.24, 2.45) is 0 Å². The van der Waals surface area contributed by atoms with E-state index >= 15 is 0 Å².